The maximum Gasteiger partial charge on any atom is 0.112 e. The van der Waals surface area contributed by atoms with Gasteiger partial charge in [0.25, 0.3) is 0 Å². The van der Waals surface area contributed by atoms with E-state index in [1.165, 1.54) is 31.4 Å². The normalized spacial score (nSPS) is 34.4. The number of hydrogen-bond donors (Lipinski definition) is 0. The minimum absolute atomic E-state index is 0.129. The van der Waals surface area contributed by atoms with E-state index >= 15 is 0 Å². The molecule has 0 saturated carbocycles. The summed E-state index contributed by atoms with van der Waals surface area (Å²) < 4.78 is 9.43. The standard InChI is InChI=1S/C17H26NOP/c1-5-16(2,3)20-18-13-9-12-15(18)17(4,19-20)14-10-7-6-8-11-14/h6-8,10-11,15H,5,9,12-13H2,1-4H3/t15-,17+,20?/m1/s1. The highest BCUT2D eigenvalue weighted by atomic mass is 31.2. The molecule has 110 valence electrons. The molecule has 0 spiro atoms. The van der Waals surface area contributed by atoms with Gasteiger partial charge in [0.1, 0.15) is 13.9 Å². The molecule has 2 aliphatic rings. The molecule has 0 bridgehead atoms. The van der Waals surface area contributed by atoms with E-state index in [9.17, 15) is 0 Å². The van der Waals surface area contributed by atoms with Crippen molar-refractivity contribution in [2.75, 3.05) is 6.54 Å². The third-order valence-electron chi connectivity index (χ3n) is 5.10. The molecule has 1 unspecified atom stereocenters. The molecule has 2 heterocycles. The molecule has 3 rings (SSSR count). The molecule has 2 fully saturated rings. The Hall–Kier alpha value is -0.430. The molecular formula is C17H26NOP. The second-order valence-electron chi connectivity index (χ2n) is 6.82. The van der Waals surface area contributed by atoms with Crippen molar-refractivity contribution in [2.45, 2.75) is 63.8 Å². The Kier molecular flexibility index (Phi) is 3.69. The smallest absolute Gasteiger partial charge is 0.112 e. The van der Waals surface area contributed by atoms with E-state index < -0.39 is 8.30 Å². The third-order valence-corrected chi connectivity index (χ3v) is 7.95. The molecule has 0 amide bonds. The van der Waals surface area contributed by atoms with Crippen LogP contribution in [0, 0.1) is 0 Å². The summed E-state index contributed by atoms with van der Waals surface area (Å²) in [5.41, 5.74) is 1.21. The zero-order valence-electron chi connectivity index (χ0n) is 13.1. The van der Waals surface area contributed by atoms with Crippen LogP contribution in [0.5, 0.6) is 0 Å². The lowest BCUT2D eigenvalue weighted by molar-refractivity contribution is 0.0868. The summed E-state index contributed by atoms with van der Waals surface area (Å²) in [5.74, 6) is 0. The maximum absolute atomic E-state index is 6.75. The molecule has 0 aliphatic carbocycles. The van der Waals surface area contributed by atoms with Crippen molar-refractivity contribution in [3.8, 4) is 0 Å². The Morgan fingerprint density at radius 2 is 2.05 bits per heavy atom. The summed E-state index contributed by atoms with van der Waals surface area (Å²) >= 11 is 0. The fraction of sp³-hybridized carbons (Fsp3) is 0.647. The van der Waals surface area contributed by atoms with Gasteiger partial charge in [0, 0.05) is 17.7 Å². The molecule has 2 saturated heterocycles. The average Bonchev–Trinajstić information content (AvgIpc) is 3.04. The second-order valence-corrected chi connectivity index (χ2v) is 9.28. The average molecular weight is 291 g/mol. The molecule has 1 aromatic carbocycles. The molecule has 2 aliphatic heterocycles. The molecule has 20 heavy (non-hydrogen) atoms. The van der Waals surface area contributed by atoms with E-state index in [0.29, 0.717) is 6.04 Å². The van der Waals surface area contributed by atoms with Crippen LogP contribution in [-0.2, 0) is 10.1 Å². The SMILES string of the molecule is CCC(C)(C)P1O[C@@](C)(c2ccccc2)[C@H]2CCCN21. The summed E-state index contributed by atoms with van der Waals surface area (Å²) in [6, 6.07) is 11.4. The van der Waals surface area contributed by atoms with E-state index in [1.54, 1.807) is 0 Å². The first-order valence-corrected chi connectivity index (χ1v) is 9.02. The zero-order valence-corrected chi connectivity index (χ0v) is 14.0. The number of rotatable bonds is 3. The van der Waals surface area contributed by atoms with Crippen LogP contribution in [0.2, 0.25) is 0 Å². The van der Waals surface area contributed by atoms with Crippen molar-refractivity contribution < 1.29 is 4.52 Å². The van der Waals surface area contributed by atoms with Gasteiger partial charge in [-0.05, 0) is 31.7 Å². The Bertz CT molecular complexity index is 475. The Balaban J connectivity index is 1.98. The molecule has 3 atom stereocenters. The van der Waals surface area contributed by atoms with Gasteiger partial charge in [-0.2, -0.15) is 0 Å². The number of hydrogen-bond acceptors (Lipinski definition) is 2. The van der Waals surface area contributed by atoms with Gasteiger partial charge in [-0.3, -0.25) is 4.67 Å². The Morgan fingerprint density at radius 1 is 1.35 bits per heavy atom. The molecule has 2 nitrogen and oxygen atoms in total. The van der Waals surface area contributed by atoms with Crippen molar-refractivity contribution in [2.24, 2.45) is 0 Å². The first kappa shape index (κ1) is 14.5. The summed E-state index contributed by atoms with van der Waals surface area (Å²) in [5, 5.41) is 0.268. The Labute approximate surface area is 124 Å². The van der Waals surface area contributed by atoms with Crippen molar-refractivity contribution in [1.29, 1.82) is 0 Å². The summed E-state index contributed by atoms with van der Waals surface area (Å²) in [6.07, 6.45) is 3.76. The van der Waals surface area contributed by atoms with E-state index in [4.69, 9.17) is 4.52 Å². The highest BCUT2D eigenvalue weighted by molar-refractivity contribution is 7.52. The predicted molar refractivity (Wildman–Crippen MR) is 85.9 cm³/mol. The third kappa shape index (κ3) is 2.13. The topological polar surface area (TPSA) is 12.5 Å². The van der Waals surface area contributed by atoms with Crippen LogP contribution in [0.3, 0.4) is 0 Å². The predicted octanol–water partition coefficient (Wildman–Crippen LogP) is 4.90. The van der Waals surface area contributed by atoms with Gasteiger partial charge in [-0.25, -0.2) is 0 Å². The summed E-state index contributed by atoms with van der Waals surface area (Å²) in [4.78, 5) is 0. The lowest BCUT2D eigenvalue weighted by Crippen LogP contribution is -2.36. The lowest BCUT2D eigenvalue weighted by atomic mass is 9.87. The number of fused-ring (bicyclic) bond motifs is 1. The summed E-state index contributed by atoms with van der Waals surface area (Å²) in [6.45, 7) is 10.5. The minimum atomic E-state index is -0.507. The molecule has 0 radical (unpaired) electrons. The molecule has 1 aromatic rings. The van der Waals surface area contributed by atoms with Crippen LogP contribution in [0.25, 0.3) is 0 Å². The van der Waals surface area contributed by atoms with Crippen molar-refractivity contribution in [3.63, 3.8) is 0 Å². The molecule has 3 heteroatoms. The molecule has 0 aromatic heterocycles. The molecule has 0 N–H and O–H groups in total. The summed E-state index contributed by atoms with van der Waals surface area (Å²) in [7, 11) is -0.507. The minimum Gasteiger partial charge on any atom is -0.331 e. The van der Waals surface area contributed by atoms with Gasteiger partial charge < -0.3 is 4.52 Å². The number of nitrogens with zero attached hydrogens (tertiary/aromatic N) is 1. The first-order chi connectivity index (χ1) is 9.49. The van der Waals surface area contributed by atoms with Gasteiger partial charge in [0.15, 0.2) is 0 Å². The van der Waals surface area contributed by atoms with Gasteiger partial charge in [0.05, 0.1) is 0 Å². The first-order valence-electron chi connectivity index (χ1n) is 7.80. The highest BCUT2D eigenvalue weighted by Crippen LogP contribution is 2.68. The van der Waals surface area contributed by atoms with Crippen LogP contribution in [0.4, 0.5) is 0 Å². The van der Waals surface area contributed by atoms with E-state index in [2.05, 4.69) is 62.7 Å². The number of benzene rings is 1. The van der Waals surface area contributed by atoms with Crippen molar-refractivity contribution >= 4 is 8.30 Å². The largest absolute Gasteiger partial charge is 0.331 e. The monoisotopic (exact) mass is 291 g/mol. The van der Waals surface area contributed by atoms with Crippen LogP contribution in [0.1, 0.15) is 52.5 Å². The zero-order chi connectivity index (χ0) is 14.4. The van der Waals surface area contributed by atoms with E-state index in [1.807, 2.05) is 0 Å². The molecular weight excluding hydrogens is 265 g/mol. The van der Waals surface area contributed by atoms with Gasteiger partial charge in [-0.1, -0.05) is 51.1 Å². The van der Waals surface area contributed by atoms with Gasteiger partial charge >= 0.3 is 0 Å². The van der Waals surface area contributed by atoms with Gasteiger partial charge in [-0.15, -0.1) is 0 Å². The van der Waals surface area contributed by atoms with E-state index in [-0.39, 0.29) is 10.8 Å². The van der Waals surface area contributed by atoms with Gasteiger partial charge in [0.2, 0.25) is 0 Å². The second kappa shape index (κ2) is 5.09. The highest BCUT2D eigenvalue weighted by Gasteiger charge is 2.56. The fourth-order valence-corrected chi connectivity index (χ4v) is 6.26. The van der Waals surface area contributed by atoms with Crippen molar-refractivity contribution in [3.05, 3.63) is 35.9 Å². The maximum atomic E-state index is 6.75. The van der Waals surface area contributed by atoms with Crippen LogP contribution >= 0.6 is 8.30 Å². The lowest BCUT2D eigenvalue weighted by Gasteiger charge is -2.34. The quantitative estimate of drug-likeness (QED) is 0.735. The van der Waals surface area contributed by atoms with Crippen LogP contribution in [-0.4, -0.2) is 22.4 Å². The van der Waals surface area contributed by atoms with E-state index in [0.717, 1.165) is 0 Å². The Morgan fingerprint density at radius 3 is 2.70 bits per heavy atom. The van der Waals surface area contributed by atoms with Crippen molar-refractivity contribution in [1.82, 2.24) is 4.67 Å². The van der Waals surface area contributed by atoms with Crippen LogP contribution in [0.15, 0.2) is 30.3 Å². The fourth-order valence-electron chi connectivity index (χ4n) is 3.44. The van der Waals surface area contributed by atoms with Crippen LogP contribution < -0.4 is 0 Å².